The quantitative estimate of drug-likeness (QED) is 0.696. The summed E-state index contributed by atoms with van der Waals surface area (Å²) >= 11 is 3.30. The van der Waals surface area contributed by atoms with Gasteiger partial charge in [0.05, 0.1) is 17.3 Å². The van der Waals surface area contributed by atoms with Crippen LogP contribution in [-0.4, -0.2) is 28.7 Å². The average Bonchev–Trinajstić information content (AvgIpc) is 2.17. The largest absolute Gasteiger partial charge is 0.341 e. The fourth-order valence-electron chi connectivity index (χ4n) is 0.982. The maximum Gasteiger partial charge on any atom is 0.236 e. The molecular weight excluding hydrogens is 232 g/mol. The van der Waals surface area contributed by atoms with E-state index in [1.807, 2.05) is 19.9 Å². The zero-order valence-electron chi connectivity index (χ0n) is 8.09. The van der Waals surface area contributed by atoms with Gasteiger partial charge in [0, 0.05) is 13.1 Å². The van der Waals surface area contributed by atoms with Gasteiger partial charge < -0.3 is 4.90 Å². The third-order valence-corrected chi connectivity index (χ3v) is 2.85. The number of carbonyl (C=O) groups is 1. The van der Waals surface area contributed by atoms with Gasteiger partial charge in [0.15, 0.2) is 0 Å². The maximum absolute atomic E-state index is 11.6. The number of alkyl halides is 1. The Kier molecular flexibility index (Phi) is 6.61. The molecule has 0 aromatic carbocycles. The van der Waals surface area contributed by atoms with Crippen molar-refractivity contribution in [2.75, 3.05) is 13.1 Å². The number of hydrogen-bond acceptors (Lipinski definition) is 2. The molecule has 0 aliphatic rings. The normalized spacial score (nSPS) is 11.8. The fourth-order valence-corrected chi connectivity index (χ4v) is 1.27. The highest BCUT2D eigenvalue weighted by molar-refractivity contribution is 9.10. The molecule has 0 aromatic rings. The summed E-state index contributed by atoms with van der Waals surface area (Å²) in [6.45, 7) is 5.08. The summed E-state index contributed by atoms with van der Waals surface area (Å²) in [5, 5.41) is 8.39. The molecule has 0 fully saturated rings. The Morgan fingerprint density at radius 1 is 1.62 bits per heavy atom. The molecule has 0 N–H and O–H groups in total. The second-order valence-corrected chi connectivity index (χ2v) is 3.81. The zero-order valence-corrected chi connectivity index (χ0v) is 9.67. The minimum Gasteiger partial charge on any atom is -0.341 e. The summed E-state index contributed by atoms with van der Waals surface area (Å²) in [6, 6.07) is 2.04. The van der Waals surface area contributed by atoms with E-state index >= 15 is 0 Å². The zero-order chi connectivity index (χ0) is 10.3. The van der Waals surface area contributed by atoms with Crippen LogP contribution in [0.5, 0.6) is 0 Å². The van der Waals surface area contributed by atoms with Gasteiger partial charge in [0.1, 0.15) is 0 Å². The predicted octanol–water partition coefficient (Wildman–Crippen LogP) is 1.92. The van der Waals surface area contributed by atoms with Crippen molar-refractivity contribution in [2.45, 2.75) is 31.5 Å². The lowest BCUT2D eigenvalue weighted by atomic mass is 10.3. The minimum absolute atomic E-state index is 0.0836. The number of rotatable bonds is 5. The minimum atomic E-state index is -0.105. The summed E-state index contributed by atoms with van der Waals surface area (Å²) in [5.41, 5.74) is 0. The molecule has 4 heteroatoms. The molecule has 0 aliphatic carbocycles. The number of amides is 1. The van der Waals surface area contributed by atoms with Crippen LogP contribution in [-0.2, 0) is 4.79 Å². The van der Waals surface area contributed by atoms with E-state index in [1.54, 1.807) is 4.90 Å². The van der Waals surface area contributed by atoms with E-state index in [1.165, 1.54) is 0 Å². The average molecular weight is 247 g/mol. The number of carbonyl (C=O) groups excluding carboxylic acids is 1. The van der Waals surface area contributed by atoms with Crippen LogP contribution in [0.1, 0.15) is 26.7 Å². The van der Waals surface area contributed by atoms with E-state index < -0.39 is 0 Å². The summed E-state index contributed by atoms with van der Waals surface area (Å²) in [6.07, 6.45) is 1.19. The van der Waals surface area contributed by atoms with Gasteiger partial charge in [0.25, 0.3) is 0 Å². The van der Waals surface area contributed by atoms with Gasteiger partial charge in [-0.05, 0) is 13.3 Å². The molecule has 0 saturated heterocycles. The maximum atomic E-state index is 11.6. The summed E-state index contributed by atoms with van der Waals surface area (Å²) in [7, 11) is 0. The van der Waals surface area contributed by atoms with Crippen molar-refractivity contribution >= 4 is 21.8 Å². The number of hydrogen-bond donors (Lipinski definition) is 0. The molecular formula is C9H15BrN2O. The Labute approximate surface area is 87.8 Å². The highest BCUT2D eigenvalue weighted by atomic mass is 79.9. The molecule has 0 radical (unpaired) electrons. The van der Waals surface area contributed by atoms with E-state index in [9.17, 15) is 4.79 Å². The van der Waals surface area contributed by atoms with Crippen LogP contribution in [0.2, 0.25) is 0 Å². The van der Waals surface area contributed by atoms with Crippen molar-refractivity contribution in [1.82, 2.24) is 4.90 Å². The molecule has 0 spiro atoms. The SMILES string of the molecule is CCC(Br)C(=O)N(CC)CCC#N. The van der Waals surface area contributed by atoms with Crippen LogP contribution in [0.25, 0.3) is 0 Å². The molecule has 1 atom stereocenters. The molecule has 0 aromatic heterocycles. The van der Waals surface area contributed by atoms with Crippen molar-refractivity contribution in [1.29, 1.82) is 5.26 Å². The first-order chi connectivity index (χ1) is 6.17. The lowest BCUT2D eigenvalue weighted by molar-refractivity contribution is -0.130. The van der Waals surface area contributed by atoms with Crippen molar-refractivity contribution in [3.8, 4) is 6.07 Å². The van der Waals surface area contributed by atoms with E-state index in [4.69, 9.17) is 5.26 Å². The Balaban J connectivity index is 4.08. The third kappa shape index (κ3) is 4.28. The number of nitrogens with zero attached hydrogens (tertiary/aromatic N) is 2. The highest BCUT2D eigenvalue weighted by Gasteiger charge is 2.18. The second kappa shape index (κ2) is 6.90. The molecule has 13 heavy (non-hydrogen) atoms. The molecule has 74 valence electrons. The number of halogens is 1. The van der Waals surface area contributed by atoms with Crippen molar-refractivity contribution in [3.05, 3.63) is 0 Å². The monoisotopic (exact) mass is 246 g/mol. The van der Waals surface area contributed by atoms with Crippen molar-refractivity contribution in [2.24, 2.45) is 0 Å². The van der Waals surface area contributed by atoms with Crippen LogP contribution in [0, 0.1) is 11.3 Å². The van der Waals surface area contributed by atoms with Gasteiger partial charge in [-0.1, -0.05) is 22.9 Å². The Bertz CT molecular complexity index is 200. The van der Waals surface area contributed by atoms with Gasteiger partial charge in [0.2, 0.25) is 5.91 Å². The van der Waals surface area contributed by atoms with E-state index in [0.29, 0.717) is 19.5 Å². The summed E-state index contributed by atoms with van der Waals surface area (Å²) < 4.78 is 0. The fraction of sp³-hybridized carbons (Fsp3) is 0.778. The first-order valence-corrected chi connectivity index (χ1v) is 5.38. The lowest BCUT2D eigenvalue weighted by Crippen LogP contribution is -2.36. The summed E-state index contributed by atoms with van der Waals surface area (Å²) in [4.78, 5) is 13.2. The Morgan fingerprint density at radius 3 is 2.62 bits per heavy atom. The van der Waals surface area contributed by atoms with E-state index in [2.05, 4.69) is 15.9 Å². The van der Waals surface area contributed by atoms with Gasteiger partial charge in [-0.25, -0.2) is 0 Å². The second-order valence-electron chi connectivity index (χ2n) is 2.70. The predicted molar refractivity (Wildman–Crippen MR) is 55.5 cm³/mol. The first-order valence-electron chi connectivity index (χ1n) is 4.47. The van der Waals surface area contributed by atoms with Gasteiger partial charge in [-0.15, -0.1) is 0 Å². The van der Waals surface area contributed by atoms with Crippen LogP contribution in [0.3, 0.4) is 0 Å². The first kappa shape index (κ1) is 12.4. The molecule has 0 heterocycles. The Morgan fingerprint density at radius 2 is 2.23 bits per heavy atom. The third-order valence-electron chi connectivity index (χ3n) is 1.81. The van der Waals surface area contributed by atoms with Gasteiger partial charge in [-0.3, -0.25) is 4.79 Å². The summed E-state index contributed by atoms with van der Waals surface area (Å²) in [5.74, 6) is 0.0836. The standard InChI is InChI=1S/C9H15BrN2O/c1-3-8(10)9(13)12(4-2)7-5-6-11/h8H,3-5,7H2,1-2H3. The Hall–Kier alpha value is -0.560. The van der Waals surface area contributed by atoms with E-state index in [0.717, 1.165) is 6.42 Å². The van der Waals surface area contributed by atoms with E-state index in [-0.39, 0.29) is 10.7 Å². The number of nitriles is 1. The molecule has 1 unspecified atom stereocenters. The van der Waals surface area contributed by atoms with Crippen LogP contribution >= 0.6 is 15.9 Å². The molecule has 0 saturated carbocycles. The van der Waals surface area contributed by atoms with Gasteiger partial charge >= 0.3 is 0 Å². The van der Waals surface area contributed by atoms with Crippen molar-refractivity contribution in [3.63, 3.8) is 0 Å². The van der Waals surface area contributed by atoms with Gasteiger partial charge in [-0.2, -0.15) is 5.26 Å². The molecule has 3 nitrogen and oxygen atoms in total. The molecule has 0 rings (SSSR count). The van der Waals surface area contributed by atoms with Crippen LogP contribution in [0.4, 0.5) is 0 Å². The van der Waals surface area contributed by atoms with Crippen LogP contribution in [0.15, 0.2) is 0 Å². The highest BCUT2D eigenvalue weighted by Crippen LogP contribution is 2.09. The topological polar surface area (TPSA) is 44.1 Å². The van der Waals surface area contributed by atoms with Crippen LogP contribution < -0.4 is 0 Å². The lowest BCUT2D eigenvalue weighted by Gasteiger charge is -2.21. The molecule has 0 aliphatic heterocycles. The molecule has 1 amide bonds. The molecule has 0 bridgehead atoms. The van der Waals surface area contributed by atoms with Crippen molar-refractivity contribution < 1.29 is 4.79 Å². The smallest absolute Gasteiger partial charge is 0.236 e.